The van der Waals surface area contributed by atoms with Crippen molar-refractivity contribution in [1.82, 2.24) is 5.32 Å². The van der Waals surface area contributed by atoms with Crippen molar-refractivity contribution in [2.24, 2.45) is 11.8 Å². The summed E-state index contributed by atoms with van der Waals surface area (Å²) in [7, 11) is 0. The van der Waals surface area contributed by atoms with Gasteiger partial charge in [-0.25, -0.2) is 9.59 Å². The van der Waals surface area contributed by atoms with Crippen molar-refractivity contribution in [3.8, 4) is 0 Å². The van der Waals surface area contributed by atoms with Crippen LogP contribution in [0.15, 0.2) is 0 Å². The molecule has 23 heavy (non-hydrogen) atoms. The first-order valence-corrected chi connectivity index (χ1v) is 9.02. The molecule has 0 spiro atoms. The Balaban J connectivity index is 4.25. The standard InChI is InChI=1S/C18H35NO4/c1-6-8-9-10-11-12-22-17(20)16(15(5)7-2)19-18(21)23-13-14(3)4/h14-16H,6-13H2,1-5H3,(H,19,21). The van der Waals surface area contributed by atoms with Crippen LogP contribution in [0.25, 0.3) is 0 Å². The normalized spacial score (nSPS) is 13.5. The lowest BCUT2D eigenvalue weighted by atomic mass is 9.99. The van der Waals surface area contributed by atoms with Crippen LogP contribution in [0.2, 0.25) is 0 Å². The van der Waals surface area contributed by atoms with Crippen LogP contribution in [0.1, 0.15) is 73.1 Å². The van der Waals surface area contributed by atoms with Crippen molar-refractivity contribution in [2.75, 3.05) is 13.2 Å². The Morgan fingerprint density at radius 3 is 2.17 bits per heavy atom. The van der Waals surface area contributed by atoms with Gasteiger partial charge in [-0.1, -0.05) is 66.7 Å². The van der Waals surface area contributed by atoms with Crippen LogP contribution < -0.4 is 5.32 Å². The predicted octanol–water partition coefficient (Wildman–Crippen LogP) is 4.30. The van der Waals surface area contributed by atoms with Gasteiger partial charge in [0.05, 0.1) is 13.2 Å². The van der Waals surface area contributed by atoms with Crippen LogP contribution in [0, 0.1) is 11.8 Å². The highest BCUT2D eigenvalue weighted by Gasteiger charge is 2.27. The quantitative estimate of drug-likeness (QED) is 0.428. The SMILES string of the molecule is CCCCCCCOC(=O)C(NC(=O)OCC(C)C)C(C)CC. The maximum Gasteiger partial charge on any atom is 0.407 e. The Morgan fingerprint density at radius 2 is 1.61 bits per heavy atom. The number of nitrogens with one attached hydrogen (secondary N) is 1. The molecular formula is C18H35NO4. The van der Waals surface area contributed by atoms with Crippen LogP contribution in [0.3, 0.4) is 0 Å². The van der Waals surface area contributed by atoms with Gasteiger partial charge in [0.1, 0.15) is 6.04 Å². The van der Waals surface area contributed by atoms with Gasteiger partial charge in [-0.05, 0) is 18.3 Å². The lowest BCUT2D eigenvalue weighted by Crippen LogP contribution is -2.46. The second kappa shape index (κ2) is 13.2. The molecule has 0 aliphatic rings. The maximum atomic E-state index is 12.2. The minimum absolute atomic E-state index is 0.00851. The average molecular weight is 329 g/mol. The highest BCUT2D eigenvalue weighted by atomic mass is 16.6. The van der Waals surface area contributed by atoms with Gasteiger partial charge in [-0.3, -0.25) is 0 Å². The third kappa shape index (κ3) is 11.0. The monoisotopic (exact) mass is 329 g/mol. The van der Waals surface area contributed by atoms with Crippen LogP contribution in [-0.4, -0.2) is 31.3 Å². The topological polar surface area (TPSA) is 64.6 Å². The zero-order valence-corrected chi connectivity index (χ0v) is 15.5. The number of esters is 1. The number of carbonyl (C=O) groups excluding carboxylic acids is 2. The molecule has 1 amide bonds. The number of hydrogen-bond acceptors (Lipinski definition) is 4. The van der Waals surface area contributed by atoms with Gasteiger partial charge < -0.3 is 14.8 Å². The van der Waals surface area contributed by atoms with Crippen LogP contribution in [0.4, 0.5) is 4.79 Å². The summed E-state index contributed by atoms with van der Waals surface area (Å²) in [6.45, 7) is 10.8. The summed E-state index contributed by atoms with van der Waals surface area (Å²) < 4.78 is 10.4. The summed E-state index contributed by atoms with van der Waals surface area (Å²) in [6.07, 6.45) is 5.74. The number of ether oxygens (including phenoxy) is 2. The van der Waals surface area contributed by atoms with Gasteiger partial charge in [0.2, 0.25) is 0 Å². The first kappa shape index (κ1) is 21.7. The van der Waals surface area contributed by atoms with E-state index in [0.717, 1.165) is 19.3 Å². The van der Waals surface area contributed by atoms with Gasteiger partial charge in [0.25, 0.3) is 0 Å². The van der Waals surface area contributed by atoms with Crippen molar-refractivity contribution < 1.29 is 19.1 Å². The minimum Gasteiger partial charge on any atom is -0.464 e. The number of unbranched alkanes of at least 4 members (excludes halogenated alkanes) is 4. The Morgan fingerprint density at radius 1 is 0.957 bits per heavy atom. The second-order valence-electron chi connectivity index (χ2n) is 6.58. The molecule has 0 aromatic heterocycles. The van der Waals surface area contributed by atoms with Gasteiger partial charge in [0, 0.05) is 0 Å². The van der Waals surface area contributed by atoms with Crippen molar-refractivity contribution >= 4 is 12.1 Å². The Labute approximate surface area is 141 Å². The van der Waals surface area contributed by atoms with E-state index in [9.17, 15) is 9.59 Å². The fraction of sp³-hybridized carbons (Fsp3) is 0.889. The number of alkyl carbamates (subject to hydrolysis) is 1. The van der Waals surface area contributed by atoms with E-state index in [2.05, 4.69) is 12.2 Å². The van der Waals surface area contributed by atoms with E-state index in [4.69, 9.17) is 9.47 Å². The fourth-order valence-electron chi connectivity index (χ4n) is 2.05. The van der Waals surface area contributed by atoms with Gasteiger partial charge in [0.15, 0.2) is 0 Å². The van der Waals surface area contributed by atoms with Crippen molar-refractivity contribution in [3.63, 3.8) is 0 Å². The smallest absolute Gasteiger partial charge is 0.407 e. The molecule has 136 valence electrons. The van der Waals surface area contributed by atoms with Crippen LogP contribution in [0.5, 0.6) is 0 Å². The number of hydrogen-bond donors (Lipinski definition) is 1. The van der Waals surface area contributed by atoms with Gasteiger partial charge >= 0.3 is 12.1 Å². The molecule has 0 aromatic rings. The lowest BCUT2D eigenvalue weighted by molar-refractivity contribution is -0.147. The highest BCUT2D eigenvalue weighted by molar-refractivity contribution is 5.81. The minimum atomic E-state index is -0.643. The van der Waals surface area contributed by atoms with E-state index in [-0.39, 0.29) is 17.8 Å². The summed E-state index contributed by atoms with van der Waals surface area (Å²) in [5.41, 5.74) is 0. The van der Waals surface area contributed by atoms with Crippen molar-refractivity contribution in [3.05, 3.63) is 0 Å². The Kier molecular flexibility index (Phi) is 12.5. The van der Waals surface area contributed by atoms with Crippen molar-refractivity contribution in [1.29, 1.82) is 0 Å². The molecular weight excluding hydrogens is 294 g/mol. The maximum absolute atomic E-state index is 12.2. The summed E-state index contributed by atoms with van der Waals surface area (Å²) in [5.74, 6) is -0.0941. The number of rotatable bonds is 12. The van der Waals surface area contributed by atoms with E-state index >= 15 is 0 Å². The first-order chi connectivity index (χ1) is 10.9. The molecule has 0 aliphatic heterocycles. The van der Waals surface area contributed by atoms with Gasteiger partial charge in [-0.2, -0.15) is 0 Å². The molecule has 2 atom stereocenters. The molecule has 0 aromatic carbocycles. The molecule has 5 heteroatoms. The summed E-state index contributed by atoms with van der Waals surface area (Å²) in [6, 6.07) is -0.643. The molecule has 0 rings (SSSR count). The lowest BCUT2D eigenvalue weighted by Gasteiger charge is -2.22. The Hall–Kier alpha value is -1.26. The summed E-state index contributed by atoms with van der Waals surface area (Å²) in [4.78, 5) is 24.0. The highest BCUT2D eigenvalue weighted by Crippen LogP contribution is 2.11. The summed E-state index contributed by atoms with van der Waals surface area (Å²) >= 11 is 0. The zero-order valence-electron chi connectivity index (χ0n) is 15.5. The zero-order chi connectivity index (χ0) is 17.7. The van der Waals surface area contributed by atoms with E-state index < -0.39 is 12.1 Å². The largest absolute Gasteiger partial charge is 0.464 e. The molecule has 0 heterocycles. The molecule has 0 saturated heterocycles. The molecule has 0 saturated carbocycles. The predicted molar refractivity (Wildman–Crippen MR) is 92.3 cm³/mol. The molecule has 0 radical (unpaired) electrons. The molecule has 5 nitrogen and oxygen atoms in total. The van der Waals surface area contributed by atoms with Crippen molar-refractivity contribution in [2.45, 2.75) is 79.2 Å². The third-order valence-corrected chi connectivity index (χ3v) is 3.78. The molecule has 1 N–H and O–H groups in total. The molecule has 2 unspecified atom stereocenters. The summed E-state index contributed by atoms with van der Waals surface area (Å²) in [5, 5.41) is 2.65. The average Bonchev–Trinajstić information content (AvgIpc) is 2.52. The third-order valence-electron chi connectivity index (χ3n) is 3.78. The van der Waals surface area contributed by atoms with E-state index in [1.165, 1.54) is 19.3 Å². The molecule has 0 fully saturated rings. The number of amides is 1. The Bertz CT molecular complexity index is 331. The molecule has 0 bridgehead atoms. The van der Waals surface area contributed by atoms with Crippen LogP contribution >= 0.6 is 0 Å². The second-order valence-corrected chi connectivity index (χ2v) is 6.58. The van der Waals surface area contributed by atoms with E-state index in [1.54, 1.807) is 0 Å². The first-order valence-electron chi connectivity index (χ1n) is 9.02. The van der Waals surface area contributed by atoms with Crippen LogP contribution in [-0.2, 0) is 14.3 Å². The van der Waals surface area contributed by atoms with E-state index in [1.807, 2.05) is 27.7 Å². The molecule has 0 aliphatic carbocycles. The van der Waals surface area contributed by atoms with Gasteiger partial charge in [-0.15, -0.1) is 0 Å². The number of carbonyl (C=O) groups is 2. The fourth-order valence-corrected chi connectivity index (χ4v) is 2.05. The van der Waals surface area contributed by atoms with E-state index in [0.29, 0.717) is 13.2 Å².